The van der Waals surface area contributed by atoms with Gasteiger partial charge in [-0.25, -0.2) is 0 Å². The van der Waals surface area contributed by atoms with Crippen LogP contribution < -0.4 is 0 Å². The number of allylic oxidation sites excluding steroid dienone is 1. The molecule has 0 N–H and O–H groups in total. The summed E-state index contributed by atoms with van der Waals surface area (Å²) < 4.78 is 37.8. The smallest absolute Gasteiger partial charge is 0.293 e. The predicted octanol–water partition coefficient (Wildman–Crippen LogP) is 5.75. The lowest BCUT2D eigenvalue weighted by molar-refractivity contribution is -0.0803. The molecule has 1 aromatic carbocycles. The van der Waals surface area contributed by atoms with Crippen LogP contribution in [0, 0.1) is 0 Å². The van der Waals surface area contributed by atoms with Gasteiger partial charge in [0, 0.05) is 6.08 Å². The molecule has 0 amide bonds. The number of hydrogen-bond acceptors (Lipinski definition) is 1. The van der Waals surface area contributed by atoms with Crippen molar-refractivity contribution in [3.05, 3.63) is 48.0 Å². The fourth-order valence-electron chi connectivity index (χ4n) is 2.41. The number of rotatable bonds is 9. The SMILES string of the molecule is CCCCN(CCCC)C(/C=C/C(F)(F)F)c1ccccc1. The van der Waals surface area contributed by atoms with Crippen molar-refractivity contribution in [3.8, 4) is 0 Å². The maximum Gasteiger partial charge on any atom is 0.409 e. The number of benzene rings is 1. The summed E-state index contributed by atoms with van der Waals surface area (Å²) in [4.78, 5) is 2.16. The largest absolute Gasteiger partial charge is 0.409 e. The van der Waals surface area contributed by atoms with Gasteiger partial charge >= 0.3 is 6.18 Å². The van der Waals surface area contributed by atoms with E-state index >= 15 is 0 Å². The molecule has 0 saturated heterocycles. The topological polar surface area (TPSA) is 3.24 Å². The van der Waals surface area contributed by atoms with Crippen LogP contribution in [-0.4, -0.2) is 24.2 Å². The number of alkyl halides is 3. The molecule has 22 heavy (non-hydrogen) atoms. The Balaban J connectivity index is 3.00. The Morgan fingerprint density at radius 2 is 1.55 bits per heavy atom. The third-order valence-electron chi connectivity index (χ3n) is 3.60. The Kier molecular flexibility index (Phi) is 8.25. The molecule has 1 aromatic rings. The fourth-order valence-corrected chi connectivity index (χ4v) is 2.41. The van der Waals surface area contributed by atoms with Gasteiger partial charge < -0.3 is 0 Å². The molecule has 0 saturated carbocycles. The molecule has 0 aliphatic rings. The van der Waals surface area contributed by atoms with E-state index in [0.29, 0.717) is 6.08 Å². The molecule has 124 valence electrons. The van der Waals surface area contributed by atoms with E-state index in [-0.39, 0.29) is 6.04 Å². The third-order valence-corrected chi connectivity index (χ3v) is 3.60. The summed E-state index contributed by atoms with van der Waals surface area (Å²) in [6.45, 7) is 5.83. The minimum atomic E-state index is -4.27. The molecule has 0 bridgehead atoms. The van der Waals surface area contributed by atoms with Crippen LogP contribution in [0.15, 0.2) is 42.5 Å². The first-order chi connectivity index (χ1) is 10.5. The van der Waals surface area contributed by atoms with E-state index in [0.717, 1.165) is 44.3 Å². The molecule has 1 unspecified atom stereocenters. The highest BCUT2D eigenvalue weighted by molar-refractivity contribution is 5.23. The van der Waals surface area contributed by atoms with Crippen molar-refractivity contribution in [2.75, 3.05) is 13.1 Å². The van der Waals surface area contributed by atoms with E-state index in [2.05, 4.69) is 18.7 Å². The van der Waals surface area contributed by atoms with Crippen LogP contribution >= 0.6 is 0 Å². The predicted molar refractivity (Wildman–Crippen MR) is 85.8 cm³/mol. The molecule has 0 aliphatic carbocycles. The van der Waals surface area contributed by atoms with Crippen molar-refractivity contribution < 1.29 is 13.2 Å². The second-order valence-corrected chi connectivity index (χ2v) is 5.50. The molecular weight excluding hydrogens is 287 g/mol. The summed E-state index contributed by atoms with van der Waals surface area (Å²) in [6.07, 6.45) is 1.45. The summed E-state index contributed by atoms with van der Waals surface area (Å²) in [7, 11) is 0. The third kappa shape index (κ3) is 7.12. The standard InChI is InChI=1S/C18H26F3N/c1-3-5-14-22(15-6-4-2)17(12-13-18(19,20)21)16-10-8-7-9-11-16/h7-13,17H,3-6,14-15H2,1-2H3/b13-12+. The van der Waals surface area contributed by atoms with Gasteiger partial charge in [0.05, 0.1) is 6.04 Å². The van der Waals surface area contributed by atoms with Crippen molar-refractivity contribution in [2.24, 2.45) is 0 Å². The molecule has 1 nitrogen and oxygen atoms in total. The number of hydrogen-bond donors (Lipinski definition) is 0. The van der Waals surface area contributed by atoms with E-state index in [9.17, 15) is 13.2 Å². The lowest BCUT2D eigenvalue weighted by Gasteiger charge is -2.30. The summed E-state index contributed by atoms with van der Waals surface area (Å²) in [6, 6.07) is 9.12. The van der Waals surface area contributed by atoms with Crippen LogP contribution in [0.3, 0.4) is 0 Å². The van der Waals surface area contributed by atoms with Gasteiger partial charge in [0.15, 0.2) is 0 Å². The number of halogens is 3. The molecule has 4 heteroatoms. The summed E-state index contributed by atoms with van der Waals surface area (Å²) in [5, 5.41) is 0. The Morgan fingerprint density at radius 1 is 1.00 bits per heavy atom. The van der Waals surface area contributed by atoms with Crippen molar-refractivity contribution >= 4 is 0 Å². The molecule has 0 aromatic heterocycles. The summed E-state index contributed by atoms with van der Waals surface area (Å²) in [5.41, 5.74) is 0.912. The molecule has 0 fully saturated rings. The first-order valence-electron chi connectivity index (χ1n) is 8.03. The van der Waals surface area contributed by atoms with Gasteiger partial charge in [0.2, 0.25) is 0 Å². The van der Waals surface area contributed by atoms with Gasteiger partial charge in [-0.15, -0.1) is 0 Å². The highest BCUT2D eigenvalue weighted by Crippen LogP contribution is 2.26. The highest BCUT2D eigenvalue weighted by Gasteiger charge is 2.25. The summed E-state index contributed by atoms with van der Waals surface area (Å²) in [5.74, 6) is 0. The molecule has 0 radical (unpaired) electrons. The number of nitrogens with zero attached hydrogens (tertiary/aromatic N) is 1. The fraction of sp³-hybridized carbons (Fsp3) is 0.556. The maximum absolute atomic E-state index is 12.6. The minimum absolute atomic E-state index is 0.319. The maximum atomic E-state index is 12.6. The highest BCUT2D eigenvalue weighted by atomic mass is 19.4. The van der Waals surface area contributed by atoms with Crippen LogP contribution in [0.25, 0.3) is 0 Å². The second-order valence-electron chi connectivity index (χ2n) is 5.50. The molecule has 1 rings (SSSR count). The van der Waals surface area contributed by atoms with Crippen molar-refractivity contribution in [2.45, 2.75) is 51.7 Å². The lowest BCUT2D eigenvalue weighted by Crippen LogP contribution is -2.30. The quantitative estimate of drug-likeness (QED) is 0.525. The van der Waals surface area contributed by atoms with Crippen molar-refractivity contribution in [1.29, 1.82) is 0 Å². The average Bonchev–Trinajstić information content (AvgIpc) is 2.49. The zero-order valence-electron chi connectivity index (χ0n) is 13.4. The van der Waals surface area contributed by atoms with E-state index in [1.165, 1.54) is 6.08 Å². The Morgan fingerprint density at radius 3 is 2.00 bits per heavy atom. The first-order valence-corrected chi connectivity index (χ1v) is 8.03. The van der Waals surface area contributed by atoms with Crippen LogP contribution in [0.5, 0.6) is 0 Å². The van der Waals surface area contributed by atoms with Crippen molar-refractivity contribution in [3.63, 3.8) is 0 Å². The van der Waals surface area contributed by atoms with Crippen LogP contribution in [-0.2, 0) is 0 Å². The van der Waals surface area contributed by atoms with Gasteiger partial charge in [-0.2, -0.15) is 13.2 Å². The van der Waals surface area contributed by atoms with Crippen LogP contribution in [0.2, 0.25) is 0 Å². The molecule has 1 atom stereocenters. The van der Waals surface area contributed by atoms with Gasteiger partial charge in [0.1, 0.15) is 0 Å². The van der Waals surface area contributed by atoms with Crippen molar-refractivity contribution in [1.82, 2.24) is 4.90 Å². The zero-order chi connectivity index (χ0) is 16.4. The van der Waals surface area contributed by atoms with E-state index in [1.807, 2.05) is 30.3 Å². The molecule has 0 heterocycles. The minimum Gasteiger partial charge on any atom is -0.293 e. The zero-order valence-corrected chi connectivity index (χ0v) is 13.4. The van der Waals surface area contributed by atoms with E-state index in [1.54, 1.807) is 0 Å². The van der Waals surface area contributed by atoms with Gasteiger partial charge in [-0.1, -0.05) is 63.1 Å². The Labute approximate surface area is 131 Å². The van der Waals surface area contributed by atoms with Crippen LogP contribution in [0.4, 0.5) is 13.2 Å². The van der Waals surface area contributed by atoms with E-state index < -0.39 is 6.18 Å². The Hall–Kier alpha value is -1.29. The van der Waals surface area contributed by atoms with E-state index in [4.69, 9.17) is 0 Å². The second kappa shape index (κ2) is 9.67. The Bertz CT molecular complexity index is 418. The molecule has 0 spiro atoms. The van der Waals surface area contributed by atoms with Gasteiger partial charge in [-0.3, -0.25) is 4.90 Å². The lowest BCUT2D eigenvalue weighted by atomic mass is 10.0. The number of unbranched alkanes of at least 4 members (excludes halogenated alkanes) is 2. The van der Waals surface area contributed by atoms with Gasteiger partial charge in [0.25, 0.3) is 0 Å². The molecular formula is C18H26F3N. The van der Waals surface area contributed by atoms with Gasteiger partial charge in [-0.05, 0) is 31.5 Å². The van der Waals surface area contributed by atoms with Crippen LogP contribution in [0.1, 0.15) is 51.1 Å². The molecule has 0 aliphatic heterocycles. The monoisotopic (exact) mass is 313 g/mol. The first kappa shape index (κ1) is 18.8. The summed E-state index contributed by atoms with van der Waals surface area (Å²) >= 11 is 0. The average molecular weight is 313 g/mol. The normalized spacial score (nSPS) is 13.9.